The van der Waals surface area contributed by atoms with Gasteiger partial charge in [-0.2, -0.15) is 4.98 Å². The molecule has 7 heteroatoms. The summed E-state index contributed by atoms with van der Waals surface area (Å²) in [5.74, 6) is 0.487. The normalized spacial score (nSPS) is 12.2. The van der Waals surface area contributed by atoms with Crippen LogP contribution in [0.5, 0.6) is 0 Å². The predicted octanol–water partition coefficient (Wildman–Crippen LogP) is 4.28. The number of anilines is 1. The molecule has 0 fully saturated rings. The monoisotopic (exact) mass is 330 g/mol. The number of rotatable bonds is 5. The van der Waals surface area contributed by atoms with Crippen LogP contribution in [0.25, 0.3) is 11.5 Å². The number of benzene rings is 1. The quantitative estimate of drug-likeness (QED) is 0.756. The molecule has 0 saturated heterocycles. The molecule has 5 nitrogen and oxygen atoms in total. The molecule has 3 rings (SSSR count). The van der Waals surface area contributed by atoms with E-state index in [4.69, 9.17) is 4.52 Å². The van der Waals surface area contributed by atoms with Gasteiger partial charge in [0.1, 0.15) is 17.5 Å². The first-order valence-corrected chi connectivity index (χ1v) is 7.55. The number of nitrogens with zero attached hydrogens (tertiary/aromatic N) is 3. The van der Waals surface area contributed by atoms with Crippen LogP contribution in [-0.2, 0) is 0 Å². The molecular weight excluding hydrogens is 314 g/mol. The lowest BCUT2D eigenvalue weighted by Crippen LogP contribution is -2.12. The first-order valence-electron chi connectivity index (χ1n) is 7.55. The second kappa shape index (κ2) is 6.74. The summed E-state index contributed by atoms with van der Waals surface area (Å²) in [5, 5.41) is 6.87. The van der Waals surface area contributed by atoms with Crippen LogP contribution in [0.1, 0.15) is 30.8 Å². The van der Waals surface area contributed by atoms with Gasteiger partial charge in [-0.15, -0.1) is 0 Å². The summed E-state index contributed by atoms with van der Waals surface area (Å²) in [4.78, 5) is 8.38. The molecule has 1 N–H and O–H groups in total. The van der Waals surface area contributed by atoms with Crippen molar-refractivity contribution in [2.24, 2.45) is 0 Å². The average molecular weight is 330 g/mol. The van der Waals surface area contributed by atoms with Crippen LogP contribution in [0.15, 0.2) is 41.1 Å². The van der Waals surface area contributed by atoms with E-state index in [2.05, 4.69) is 20.4 Å². The molecule has 124 valence electrons. The number of pyridine rings is 1. The highest BCUT2D eigenvalue weighted by atomic mass is 19.1. The van der Waals surface area contributed by atoms with E-state index < -0.39 is 17.7 Å². The third kappa shape index (κ3) is 3.40. The number of hydrogen-bond acceptors (Lipinski definition) is 5. The molecule has 0 aliphatic carbocycles. The molecule has 0 spiro atoms. The van der Waals surface area contributed by atoms with Gasteiger partial charge in [-0.1, -0.05) is 12.1 Å². The lowest BCUT2D eigenvalue weighted by molar-refractivity contribution is 0.425. The van der Waals surface area contributed by atoms with E-state index in [1.54, 1.807) is 25.3 Å². The summed E-state index contributed by atoms with van der Waals surface area (Å²) in [6.07, 6.45) is 2.15. The van der Waals surface area contributed by atoms with Crippen molar-refractivity contribution in [3.8, 4) is 11.5 Å². The van der Waals surface area contributed by atoms with Gasteiger partial charge in [0.25, 0.3) is 5.89 Å². The van der Waals surface area contributed by atoms with Crippen LogP contribution in [0, 0.1) is 18.6 Å². The average Bonchev–Trinajstić information content (AvgIpc) is 3.02. The van der Waals surface area contributed by atoms with E-state index >= 15 is 0 Å². The van der Waals surface area contributed by atoms with Crippen LogP contribution in [0.2, 0.25) is 0 Å². The van der Waals surface area contributed by atoms with Gasteiger partial charge in [0.2, 0.25) is 0 Å². The van der Waals surface area contributed by atoms with Crippen molar-refractivity contribution in [2.75, 3.05) is 5.32 Å². The van der Waals surface area contributed by atoms with Crippen LogP contribution in [-0.4, -0.2) is 15.1 Å². The zero-order valence-corrected chi connectivity index (χ0v) is 13.3. The van der Waals surface area contributed by atoms with Crippen molar-refractivity contribution >= 4 is 5.82 Å². The van der Waals surface area contributed by atoms with Gasteiger partial charge in [-0.3, -0.25) is 0 Å². The molecule has 24 heavy (non-hydrogen) atoms. The number of hydrogen-bond donors (Lipinski definition) is 1. The van der Waals surface area contributed by atoms with Crippen molar-refractivity contribution in [2.45, 2.75) is 26.3 Å². The largest absolute Gasteiger partial charge is 0.363 e. The molecule has 0 amide bonds. The van der Waals surface area contributed by atoms with Gasteiger partial charge in [-0.25, -0.2) is 13.8 Å². The Balaban J connectivity index is 1.87. The molecule has 0 aliphatic rings. The van der Waals surface area contributed by atoms with Gasteiger partial charge < -0.3 is 9.84 Å². The molecule has 0 bridgehead atoms. The van der Waals surface area contributed by atoms with E-state index in [0.29, 0.717) is 29.5 Å². The smallest absolute Gasteiger partial charge is 0.258 e. The molecule has 2 aromatic heterocycles. The van der Waals surface area contributed by atoms with Gasteiger partial charge in [-0.05, 0) is 43.7 Å². The summed E-state index contributed by atoms with van der Waals surface area (Å²) < 4.78 is 32.6. The van der Waals surface area contributed by atoms with Crippen molar-refractivity contribution in [1.29, 1.82) is 0 Å². The van der Waals surface area contributed by atoms with Gasteiger partial charge in [0.15, 0.2) is 5.82 Å². The molecule has 0 aliphatic heterocycles. The number of aryl methyl sites for hydroxylation is 1. The summed E-state index contributed by atoms with van der Waals surface area (Å²) in [7, 11) is 0. The molecule has 0 saturated carbocycles. The van der Waals surface area contributed by atoms with E-state index in [-0.39, 0.29) is 5.56 Å². The molecule has 3 aromatic rings. The first kappa shape index (κ1) is 16.0. The number of halogens is 2. The Labute approximate surface area is 137 Å². The predicted molar refractivity (Wildman–Crippen MR) is 85.3 cm³/mol. The van der Waals surface area contributed by atoms with Crippen LogP contribution >= 0.6 is 0 Å². The Morgan fingerprint density at radius 3 is 2.75 bits per heavy atom. The van der Waals surface area contributed by atoms with E-state index in [1.807, 2.05) is 6.92 Å². The fourth-order valence-corrected chi connectivity index (χ4v) is 2.42. The Morgan fingerprint density at radius 1 is 1.21 bits per heavy atom. The van der Waals surface area contributed by atoms with Crippen LogP contribution in [0.4, 0.5) is 14.6 Å². The lowest BCUT2D eigenvalue weighted by Gasteiger charge is -2.19. The maximum atomic E-state index is 14.0. The molecule has 2 heterocycles. The highest BCUT2D eigenvalue weighted by Gasteiger charge is 2.16. The SMILES string of the molecule is CCC(Nc1cc(-c2nc(C)no2)ccn1)c1cc(F)ccc1F. The summed E-state index contributed by atoms with van der Waals surface area (Å²) >= 11 is 0. The molecule has 1 aromatic carbocycles. The maximum absolute atomic E-state index is 14.0. The standard InChI is InChI=1S/C17H16F2N4O/c1-3-15(13-9-12(18)4-5-14(13)19)22-16-8-11(6-7-20-16)17-21-10(2)23-24-17/h4-9,15H,3H2,1-2H3,(H,20,22). The third-order valence-corrected chi connectivity index (χ3v) is 3.60. The minimum Gasteiger partial charge on any atom is -0.363 e. The van der Waals surface area contributed by atoms with Gasteiger partial charge in [0, 0.05) is 17.3 Å². The Morgan fingerprint density at radius 2 is 2.04 bits per heavy atom. The number of nitrogens with one attached hydrogen (secondary N) is 1. The highest BCUT2D eigenvalue weighted by molar-refractivity contribution is 5.58. The van der Waals surface area contributed by atoms with E-state index in [1.165, 1.54) is 6.07 Å². The van der Waals surface area contributed by atoms with Crippen LogP contribution < -0.4 is 5.32 Å². The van der Waals surface area contributed by atoms with Crippen LogP contribution in [0.3, 0.4) is 0 Å². The fourth-order valence-electron chi connectivity index (χ4n) is 2.42. The third-order valence-electron chi connectivity index (χ3n) is 3.60. The van der Waals surface area contributed by atoms with Gasteiger partial charge in [0.05, 0.1) is 6.04 Å². The topological polar surface area (TPSA) is 63.8 Å². The zero-order valence-electron chi connectivity index (χ0n) is 13.3. The molecule has 1 atom stereocenters. The minimum atomic E-state index is -0.477. The molecule has 0 radical (unpaired) electrons. The Kier molecular flexibility index (Phi) is 4.50. The molecular formula is C17H16F2N4O. The van der Waals surface area contributed by atoms with E-state index in [0.717, 1.165) is 12.1 Å². The fraction of sp³-hybridized carbons (Fsp3) is 0.235. The Hall–Kier alpha value is -2.83. The second-order valence-corrected chi connectivity index (χ2v) is 5.35. The number of aromatic nitrogens is 3. The summed E-state index contributed by atoms with van der Waals surface area (Å²) in [6.45, 7) is 3.61. The van der Waals surface area contributed by atoms with Crippen molar-refractivity contribution < 1.29 is 13.3 Å². The van der Waals surface area contributed by atoms with Gasteiger partial charge >= 0.3 is 0 Å². The minimum absolute atomic E-state index is 0.262. The summed E-state index contributed by atoms with van der Waals surface area (Å²) in [6, 6.07) is 6.48. The van der Waals surface area contributed by atoms with Crippen molar-refractivity contribution in [3.63, 3.8) is 0 Å². The first-order chi connectivity index (χ1) is 11.6. The maximum Gasteiger partial charge on any atom is 0.258 e. The van der Waals surface area contributed by atoms with Crippen molar-refractivity contribution in [3.05, 3.63) is 59.6 Å². The zero-order chi connectivity index (χ0) is 17.1. The Bertz CT molecular complexity index is 850. The second-order valence-electron chi connectivity index (χ2n) is 5.35. The van der Waals surface area contributed by atoms with Crippen molar-refractivity contribution in [1.82, 2.24) is 15.1 Å². The molecule has 1 unspecified atom stereocenters. The lowest BCUT2D eigenvalue weighted by atomic mass is 10.0. The summed E-state index contributed by atoms with van der Waals surface area (Å²) in [5.41, 5.74) is 0.959. The highest BCUT2D eigenvalue weighted by Crippen LogP contribution is 2.26. The van der Waals surface area contributed by atoms with E-state index in [9.17, 15) is 8.78 Å².